The van der Waals surface area contributed by atoms with Crippen molar-refractivity contribution >= 4 is 11.6 Å². The van der Waals surface area contributed by atoms with E-state index in [2.05, 4.69) is 0 Å². The summed E-state index contributed by atoms with van der Waals surface area (Å²) in [6.45, 7) is 0. The minimum absolute atomic E-state index is 0.475. The summed E-state index contributed by atoms with van der Waals surface area (Å²) in [7, 11) is 0. The van der Waals surface area contributed by atoms with E-state index < -0.39 is 0 Å². The first kappa shape index (κ1) is 14.4. The Morgan fingerprint density at radius 1 is 0.412 bits per heavy atom. The lowest BCUT2D eigenvalue weighted by molar-refractivity contribution is -0.120. The molecule has 0 saturated heterocycles. The molecular weight excluding hydrogens is 212 g/mol. The van der Waals surface area contributed by atoms with Crippen molar-refractivity contribution in [1.29, 1.82) is 0 Å². The Labute approximate surface area is 105 Å². The van der Waals surface area contributed by atoms with Crippen molar-refractivity contribution in [3.05, 3.63) is 0 Å². The van der Waals surface area contributed by atoms with Crippen molar-refractivity contribution in [3.8, 4) is 0 Å². The van der Waals surface area contributed by atoms with E-state index in [0.29, 0.717) is 11.6 Å². The van der Waals surface area contributed by atoms with E-state index in [-0.39, 0.29) is 0 Å². The third-order valence-corrected chi connectivity index (χ3v) is 3.57. The lowest BCUT2D eigenvalue weighted by Crippen LogP contribution is -2.00. The molecular formula is C15H26O2. The standard InChI is InChI=1S/C8H14O.C7H12O/c9-8-6-4-2-1-3-5-7-8;8-7-5-3-1-2-4-6-7/h1-7H2;1-6H2. The van der Waals surface area contributed by atoms with Crippen molar-refractivity contribution in [1.82, 2.24) is 0 Å². The average Bonchev–Trinajstić information content (AvgIpc) is 2.52. The zero-order valence-corrected chi connectivity index (χ0v) is 11.0. The number of carbonyl (C=O) groups excluding carboxylic acids is 2. The van der Waals surface area contributed by atoms with E-state index in [9.17, 15) is 9.59 Å². The van der Waals surface area contributed by atoms with Crippen molar-refractivity contribution in [3.63, 3.8) is 0 Å². The highest BCUT2D eigenvalue weighted by molar-refractivity contribution is 5.78. The van der Waals surface area contributed by atoms with Gasteiger partial charge in [0.1, 0.15) is 11.6 Å². The normalized spacial score (nSPS) is 22.8. The van der Waals surface area contributed by atoms with Crippen LogP contribution >= 0.6 is 0 Å². The van der Waals surface area contributed by atoms with Gasteiger partial charge in [0.05, 0.1) is 0 Å². The summed E-state index contributed by atoms with van der Waals surface area (Å²) in [5.41, 5.74) is 0. The zero-order chi connectivity index (χ0) is 12.3. The smallest absolute Gasteiger partial charge is 0.132 e. The zero-order valence-electron chi connectivity index (χ0n) is 11.0. The minimum Gasteiger partial charge on any atom is -0.300 e. The lowest BCUT2D eigenvalue weighted by atomic mass is 10.0. The number of ketones is 2. The van der Waals surface area contributed by atoms with Crippen LogP contribution in [-0.2, 0) is 9.59 Å². The van der Waals surface area contributed by atoms with Crippen LogP contribution in [0.15, 0.2) is 0 Å². The fraction of sp³-hybridized carbons (Fsp3) is 0.867. The molecule has 2 nitrogen and oxygen atoms in total. The third-order valence-electron chi connectivity index (χ3n) is 3.57. The van der Waals surface area contributed by atoms with Crippen LogP contribution in [0.5, 0.6) is 0 Å². The average molecular weight is 238 g/mol. The Kier molecular flexibility index (Phi) is 7.94. The van der Waals surface area contributed by atoms with Gasteiger partial charge in [0, 0.05) is 25.7 Å². The second-order valence-electron chi connectivity index (χ2n) is 5.26. The second-order valence-corrected chi connectivity index (χ2v) is 5.26. The molecule has 98 valence electrons. The van der Waals surface area contributed by atoms with Crippen molar-refractivity contribution in [2.24, 2.45) is 0 Å². The summed E-state index contributed by atoms with van der Waals surface area (Å²) >= 11 is 0. The van der Waals surface area contributed by atoms with Crippen LogP contribution in [0.4, 0.5) is 0 Å². The molecule has 0 amide bonds. The van der Waals surface area contributed by atoms with Crippen LogP contribution in [-0.4, -0.2) is 11.6 Å². The maximum atomic E-state index is 10.8. The molecule has 0 atom stereocenters. The van der Waals surface area contributed by atoms with Crippen LogP contribution in [0.2, 0.25) is 0 Å². The summed E-state index contributed by atoms with van der Waals surface area (Å²) in [5.74, 6) is 0.956. The van der Waals surface area contributed by atoms with E-state index in [1.165, 1.54) is 32.1 Å². The summed E-state index contributed by atoms with van der Waals surface area (Å²) in [6.07, 6.45) is 14.4. The van der Waals surface area contributed by atoms with Gasteiger partial charge in [-0.05, 0) is 25.7 Å². The van der Waals surface area contributed by atoms with Gasteiger partial charge in [-0.25, -0.2) is 0 Å². The molecule has 0 radical (unpaired) electrons. The molecule has 2 heteroatoms. The van der Waals surface area contributed by atoms with E-state index in [0.717, 1.165) is 51.4 Å². The van der Waals surface area contributed by atoms with Gasteiger partial charge in [0.25, 0.3) is 0 Å². The first-order chi connectivity index (χ1) is 8.29. The third kappa shape index (κ3) is 8.12. The van der Waals surface area contributed by atoms with E-state index >= 15 is 0 Å². The van der Waals surface area contributed by atoms with Crippen LogP contribution in [0.1, 0.15) is 83.5 Å². The molecule has 0 aromatic rings. The van der Waals surface area contributed by atoms with Gasteiger partial charge in [-0.1, -0.05) is 32.1 Å². The number of hydrogen-bond acceptors (Lipinski definition) is 2. The highest BCUT2D eigenvalue weighted by atomic mass is 16.1. The fourth-order valence-electron chi connectivity index (χ4n) is 2.42. The predicted molar refractivity (Wildman–Crippen MR) is 70.0 cm³/mol. The molecule has 2 rings (SSSR count). The number of hydrogen-bond donors (Lipinski definition) is 0. The van der Waals surface area contributed by atoms with E-state index in [1.807, 2.05) is 0 Å². The van der Waals surface area contributed by atoms with Crippen molar-refractivity contribution in [2.45, 2.75) is 83.5 Å². The highest BCUT2D eigenvalue weighted by Gasteiger charge is 2.05. The SMILES string of the molecule is O=C1CCCCCC1.O=C1CCCCCCC1. The number of carbonyl (C=O) groups is 2. The minimum atomic E-state index is 0.475. The molecule has 0 spiro atoms. The van der Waals surface area contributed by atoms with Gasteiger partial charge in [0.2, 0.25) is 0 Å². The van der Waals surface area contributed by atoms with Gasteiger partial charge >= 0.3 is 0 Å². The van der Waals surface area contributed by atoms with Gasteiger partial charge in [-0.15, -0.1) is 0 Å². The Morgan fingerprint density at radius 2 is 0.647 bits per heavy atom. The molecule has 0 unspecified atom stereocenters. The summed E-state index contributed by atoms with van der Waals surface area (Å²) in [6, 6.07) is 0. The molecule has 0 aromatic heterocycles. The van der Waals surface area contributed by atoms with E-state index in [1.54, 1.807) is 0 Å². The molecule has 2 saturated carbocycles. The Bertz CT molecular complexity index is 213. The van der Waals surface area contributed by atoms with Gasteiger partial charge in [-0.3, -0.25) is 9.59 Å². The monoisotopic (exact) mass is 238 g/mol. The summed E-state index contributed by atoms with van der Waals surface area (Å²) in [5, 5.41) is 0. The van der Waals surface area contributed by atoms with Crippen molar-refractivity contribution in [2.75, 3.05) is 0 Å². The Hall–Kier alpha value is -0.660. The topological polar surface area (TPSA) is 34.1 Å². The molecule has 0 bridgehead atoms. The summed E-state index contributed by atoms with van der Waals surface area (Å²) < 4.78 is 0. The molecule has 17 heavy (non-hydrogen) atoms. The lowest BCUT2D eigenvalue weighted by Gasteiger charge is -2.05. The Morgan fingerprint density at radius 3 is 0.941 bits per heavy atom. The van der Waals surface area contributed by atoms with Gasteiger partial charge in [0.15, 0.2) is 0 Å². The maximum absolute atomic E-state index is 10.8. The van der Waals surface area contributed by atoms with Gasteiger partial charge < -0.3 is 0 Å². The van der Waals surface area contributed by atoms with E-state index in [4.69, 9.17) is 0 Å². The molecule has 2 aliphatic rings. The first-order valence-corrected chi connectivity index (χ1v) is 7.32. The molecule has 0 aliphatic heterocycles. The fourth-order valence-corrected chi connectivity index (χ4v) is 2.42. The van der Waals surface area contributed by atoms with Crippen LogP contribution in [0, 0.1) is 0 Å². The summed E-state index contributed by atoms with van der Waals surface area (Å²) in [4.78, 5) is 21.5. The largest absolute Gasteiger partial charge is 0.300 e. The molecule has 0 aromatic carbocycles. The quantitative estimate of drug-likeness (QED) is 0.592. The number of Topliss-reactive ketones (excluding diaryl/α,β-unsaturated/α-hetero) is 2. The predicted octanol–water partition coefficient (Wildman–Crippen LogP) is 4.21. The first-order valence-electron chi connectivity index (χ1n) is 7.32. The van der Waals surface area contributed by atoms with Crippen LogP contribution < -0.4 is 0 Å². The molecule has 2 aliphatic carbocycles. The molecule has 0 N–H and O–H groups in total. The van der Waals surface area contributed by atoms with Crippen molar-refractivity contribution < 1.29 is 9.59 Å². The molecule has 0 heterocycles. The van der Waals surface area contributed by atoms with Crippen LogP contribution in [0.3, 0.4) is 0 Å². The van der Waals surface area contributed by atoms with Crippen LogP contribution in [0.25, 0.3) is 0 Å². The Balaban J connectivity index is 0.000000171. The second kappa shape index (κ2) is 9.38. The van der Waals surface area contributed by atoms with Gasteiger partial charge in [-0.2, -0.15) is 0 Å². The number of rotatable bonds is 0. The maximum Gasteiger partial charge on any atom is 0.132 e. The highest BCUT2D eigenvalue weighted by Crippen LogP contribution is 2.13. The molecule has 2 fully saturated rings.